The first-order valence-electron chi connectivity index (χ1n) is 8.19. The van der Waals surface area contributed by atoms with Crippen molar-refractivity contribution in [1.82, 2.24) is 19.4 Å². The lowest BCUT2D eigenvalue weighted by molar-refractivity contribution is -0.141. The zero-order chi connectivity index (χ0) is 20.1. The van der Waals surface area contributed by atoms with Crippen LogP contribution in [-0.2, 0) is 6.18 Å². The molecule has 0 unspecified atom stereocenters. The van der Waals surface area contributed by atoms with Gasteiger partial charge < -0.3 is 5.73 Å². The highest BCUT2D eigenvalue weighted by Crippen LogP contribution is 2.36. The van der Waals surface area contributed by atoms with Crippen LogP contribution in [-0.4, -0.2) is 19.4 Å². The zero-order valence-electron chi connectivity index (χ0n) is 14.5. The Bertz CT molecular complexity index is 1180. The van der Waals surface area contributed by atoms with Gasteiger partial charge in [-0.15, -0.1) is 0 Å². The molecule has 0 radical (unpaired) electrons. The standard InChI is InChI=1S/C19H13F4N5/c1-10-8-12(9-14(26-10)19(21,22)23)16-15(11-2-4-13(20)5-3-11)27-17(24)18-25-6-7-28(16)18/h2-9H,1H3,(H2,24,27). The molecule has 0 atom stereocenters. The number of fused-ring (bicyclic) bond motifs is 1. The molecule has 142 valence electrons. The molecule has 4 aromatic rings. The summed E-state index contributed by atoms with van der Waals surface area (Å²) in [4.78, 5) is 12.1. The molecule has 0 spiro atoms. The molecule has 0 bridgehead atoms. The van der Waals surface area contributed by atoms with Crippen molar-refractivity contribution in [2.24, 2.45) is 0 Å². The predicted octanol–water partition coefficient (Wildman–Crippen LogP) is 4.51. The number of hydrogen-bond donors (Lipinski definition) is 1. The molecule has 3 aromatic heterocycles. The van der Waals surface area contributed by atoms with E-state index < -0.39 is 17.7 Å². The Morgan fingerprint density at radius 1 is 1.00 bits per heavy atom. The highest BCUT2D eigenvalue weighted by Gasteiger charge is 2.33. The molecule has 0 aliphatic heterocycles. The van der Waals surface area contributed by atoms with E-state index in [9.17, 15) is 17.6 Å². The van der Waals surface area contributed by atoms with Crippen molar-refractivity contribution in [2.75, 3.05) is 5.73 Å². The number of alkyl halides is 3. The lowest BCUT2D eigenvalue weighted by atomic mass is 10.0. The number of nitrogen functional groups attached to an aromatic ring is 1. The van der Waals surface area contributed by atoms with Crippen molar-refractivity contribution in [3.05, 3.63) is 66.0 Å². The topological polar surface area (TPSA) is 69.1 Å². The molecule has 9 heteroatoms. The SMILES string of the molecule is Cc1cc(-c2c(-c3ccc(F)cc3)nc(N)c3nccn23)cc(C(F)(F)F)n1. The van der Waals surface area contributed by atoms with Gasteiger partial charge in [0.1, 0.15) is 11.5 Å². The lowest BCUT2D eigenvalue weighted by Crippen LogP contribution is -2.10. The van der Waals surface area contributed by atoms with Gasteiger partial charge in [-0.1, -0.05) is 0 Å². The molecule has 0 saturated heterocycles. The van der Waals surface area contributed by atoms with Gasteiger partial charge in [-0.3, -0.25) is 4.40 Å². The highest BCUT2D eigenvalue weighted by atomic mass is 19.4. The summed E-state index contributed by atoms with van der Waals surface area (Å²) in [6.45, 7) is 1.48. The van der Waals surface area contributed by atoms with Gasteiger partial charge >= 0.3 is 6.18 Å². The number of nitrogens with zero attached hydrogens (tertiary/aromatic N) is 4. The monoisotopic (exact) mass is 387 g/mol. The van der Waals surface area contributed by atoms with E-state index in [4.69, 9.17) is 5.73 Å². The summed E-state index contributed by atoms with van der Waals surface area (Å²) < 4.78 is 54.8. The van der Waals surface area contributed by atoms with Gasteiger partial charge in [0.05, 0.1) is 11.4 Å². The van der Waals surface area contributed by atoms with E-state index in [1.807, 2.05) is 0 Å². The van der Waals surface area contributed by atoms with Gasteiger partial charge in [0.2, 0.25) is 0 Å². The van der Waals surface area contributed by atoms with Gasteiger partial charge in [0.15, 0.2) is 11.5 Å². The Morgan fingerprint density at radius 3 is 2.39 bits per heavy atom. The first-order valence-corrected chi connectivity index (χ1v) is 8.19. The smallest absolute Gasteiger partial charge is 0.381 e. The van der Waals surface area contributed by atoms with Crippen LogP contribution in [0.5, 0.6) is 0 Å². The number of halogens is 4. The van der Waals surface area contributed by atoms with Crippen LogP contribution in [0.25, 0.3) is 28.2 Å². The molecular weight excluding hydrogens is 374 g/mol. The van der Waals surface area contributed by atoms with Crippen molar-refractivity contribution in [1.29, 1.82) is 0 Å². The molecule has 0 amide bonds. The van der Waals surface area contributed by atoms with Crippen LogP contribution < -0.4 is 5.73 Å². The number of benzene rings is 1. The number of pyridine rings is 1. The largest absolute Gasteiger partial charge is 0.433 e. The lowest BCUT2D eigenvalue weighted by Gasteiger charge is -2.15. The molecule has 1 aromatic carbocycles. The Kier molecular flexibility index (Phi) is 4.02. The second-order valence-electron chi connectivity index (χ2n) is 6.20. The fourth-order valence-corrected chi connectivity index (χ4v) is 3.05. The quantitative estimate of drug-likeness (QED) is 0.514. The number of rotatable bonds is 2. The van der Waals surface area contributed by atoms with Crippen LogP contribution in [0.2, 0.25) is 0 Å². The van der Waals surface area contributed by atoms with Crippen molar-refractivity contribution in [2.45, 2.75) is 13.1 Å². The third-order valence-corrected chi connectivity index (χ3v) is 4.20. The number of hydrogen-bond acceptors (Lipinski definition) is 4. The minimum absolute atomic E-state index is 0.106. The molecule has 0 aliphatic rings. The van der Waals surface area contributed by atoms with E-state index in [1.54, 1.807) is 10.6 Å². The molecule has 5 nitrogen and oxygen atoms in total. The summed E-state index contributed by atoms with van der Waals surface area (Å²) in [6, 6.07) is 7.94. The van der Waals surface area contributed by atoms with Gasteiger partial charge in [-0.05, 0) is 43.3 Å². The van der Waals surface area contributed by atoms with Gasteiger partial charge in [-0.25, -0.2) is 19.3 Å². The van der Waals surface area contributed by atoms with Crippen LogP contribution in [0.3, 0.4) is 0 Å². The molecule has 0 fully saturated rings. The maximum absolute atomic E-state index is 13.4. The van der Waals surface area contributed by atoms with Gasteiger partial charge in [0.25, 0.3) is 0 Å². The van der Waals surface area contributed by atoms with Crippen LogP contribution in [0.4, 0.5) is 23.4 Å². The maximum atomic E-state index is 13.4. The number of aryl methyl sites for hydroxylation is 1. The van der Waals surface area contributed by atoms with E-state index >= 15 is 0 Å². The molecule has 28 heavy (non-hydrogen) atoms. The van der Waals surface area contributed by atoms with E-state index in [0.717, 1.165) is 6.07 Å². The second-order valence-corrected chi connectivity index (χ2v) is 6.20. The van der Waals surface area contributed by atoms with E-state index in [-0.39, 0.29) is 17.1 Å². The summed E-state index contributed by atoms with van der Waals surface area (Å²) in [6.07, 6.45) is -1.55. The van der Waals surface area contributed by atoms with Crippen LogP contribution in [0.1, 0.15) is 11.4 Å². The fourth-order valence-electron chi connectivity index (χ4n) is 3.05. The molecular formula is C19H13F4N5. The predicted molar refractivity (Wildman–Crippen MR) is 95.8 cm³/mol. The van der Waals surface area contributed by atoms with Crippen molar-refractivity contribution in [3.8, 4) is 22.5 Å². The summed E-state index contributed by atoms with van der Waals surface area (Å²) >= 11 is 0. The third-order valence-electron chi connectivity index (χ3n) is 4.20. The summed E-state index contributed by atoms with van der Waals surface area (Å²) in [5.74, 6) is -0.337. The second kappa shape index (κ2) is 6.29. The van der Waals surface area contributed by atoms with Crippen molar-refractivity contribution < 1.29 is 17.6 Å². The van der Waals surface area contributed by atoms with Crippen molar-refractivity contribution in [3.63, 3.8) is 0 Å². The maximum Gasteiger partial charge on any atom is 0.433 e. The number of imidazole rings is 1. The normalized spacial score (nSPS) is 11.9. The molecule has 3 heterocycles. The van der Waals surface area contributed by atoms with Crippen molar-refractivity contribution >= 4 is 11.5 Å². The Morgan fingerprint density at radius 2 is 1.71 bits per heavy atom. The van der Waals surface area contributed by atoms with Crippen LogP contribution in [0, 0.1) is 12.7 Å². The third kappa shape index (κ3) is 3.04. The average molecular weight is 387 g/mol. The Labute approximate surface area is 156 Å². The van der Waals surface area contributed by atoms with Crippen LogP contribution in [0.15, 0.2) is 48.8 Å². The van der Waals surface area contributed by atoms with Gasteiger partial charge in [-0.2, -0.15) is 13.2 Å². The first-order chi connectivity index (χ1) is 13.2. The number of aromatic nitrogens is 4. The Hall–Kier alpha value is -3.49. The molecule has 0 aliphatic carbocycles. The van der Waals surface area contributed by atoms with E-state index in [1.165, 1.54) is 43.5 Å². The average Bonchev–Trinajstić information content (AvgIpc) is 3.11. The molecule has 0 saturated carbocycles. The minimum atomic E-state index is -4.61. The Balaban J connectivity index is 2.07. The van der Waals surface area contributed by atoms with E-state index in [0.29, 0.717) is 22.6 Å². The molecule has 4 rings (SSSR count). The fraction of sp³-hybridized carbons (Fsp3) is 0.105. The summed E-state index contributed by atoms with van der Waals surface area (Å²) in [5, 5.41) is 0. The van der Waals surface area contributed by atoms with Crippen LogP contribution >= 0.6 is 0 Å². The highest BCUT2D eigenvalue weighted by molar-refractivity contribution is 5.83. The first kappa shape index (κ1) is 17.9. The summed E-state index contributed by atoms with van der Waals surface area (Å²) in [7, 11) is 0. The number of anilines is 1. The minimum Gasteiger partial charge on any atom is -0.381 e. The molecule has 2 N–H and O–H groups in total. The summed E-state index contributed by atoms with van der Waals surface area (Å²) in [5.41, 5.74) is 6.88. The van der Waals surface area contributed by atoms with Gasteiger partial charge in [0, 0.05) is 29.2 Å². The zero-order valence-corrected chi connectivity index (χ0v) is 14.5. The van der Waals surface area contributed by atoms with E-state index in [2.05, 4.69) is 15.0 Å². The number of nitrogens with two attached hydrogens (primary N) is 1.